The fourth-order valence-corrected chi connectivity index (χ4v) is 4.70. The lowest BCUT2D eigenvalue weighted by Gasteiger charge is -2.31. The smallest absolute Gasteiger partial charge is 0.242 e. The lowest BCUT2D eigenvalue weighted by molar-refractivity contribution is -0.141. The third-order valence-corrected chi connectivity index (χ3v) is 6.79. The molecule has 0 radical (unpaired) electrons. The first-order chi connectivity index (χ1) is 16.1. The number of aryl methyl sites for hydroxylation is 1. The van der Waals surface area contributed by atoms with E-state index < -0.39 is 16.1 Å². The third kappa shape index (κ3) is 7.48. The Labute approximate surface area is 202 Å². The Hall–Kier alpha value is -3.07. The van der Waals surface area contributed by atoms with Crippen molar-refractivity contribution < 1.29 is 22.7 Å². The molecule has 0 spiro atoms. The van der Waals surface area contributed by atoms with Gasteiger partial charge in [0.1, 0.15) is 11.8 Å². The lowest BCUT2D eigenvalue weighted by atomic mass is 10.1. The van der Waals surface area contributed by atoms with E-state index in [0.29, 0.717) is 30.8 Å². The van der Waals surface area contributed by atoms with Gasteiger partial charge in [0.25, 0.3) is 0 Å². The lowest BCUT2D eigenvalue weighted by Crippen LogP contribution is -2.48. The molecule has 0 saturated carbocycles. The van der Waals surface area contributed by atoms with Gasteiger partial charge in [-0.25, -0.2) is 8.42 Å². The summed E-state index contributed by atoms with van der Waals surface area (Å²) in [7, 11) is -0.495. The fourth-order valence-electron chi connectivity index (χ4n) is 3.75. The van der Waals surface area contributed by atoms with Crippen LogP contribution in [0.4, 0.5) is 5.69 Å². The normalized spacial score (nSPS) is 12.0. The number of anilines is 1. The highest BCUT2D eigenvalue weighted by atomic mass is 32.2. The van der Waals surface area contributed by atoms with Gasteiger partial charge in [0, 0.05) is 32.6 Å². The number of nitrogens with zero attached hydrogens (tertiary/aromatic N) is 2. The molecule has 0 aromatic heterocycles. The second-order valence-corrected chi connectivity index (χ2v) is 10.1. The van der Waals surface area contributed by atoms with Crippen molar-refractivity contribution in [3.05, 3.63) is 59.7 Å². The summed E-state index contributed by atoms with van der Waals surface area (Å²) in [6, 6.07) is 14.0. The van der Waals surface area contributed by atoms with Crippen LogP contribution in [0.25, 0.3) is 0 Å². The number of rotatable bonds is 12. The number of carbonyl (C=O) groups is 2. The average Bonchev–Trinajstić information content (AvgIpc) is 2.81. The summed E-state index contributed by atoms with van der Waals surface area (Å²) in [5, 5.41) is 2.64. The second-order valence-electron chi connectivity index (χ2n) is 8.19. The molecule has 0 fully saturated rings. The predicted molar refractivity (Wildman–Crippen MR) is 134 cm³/mol. The van der Waals surface area contributed by atoms with Crippen LogP contribution in [0, 0.1) is 6.92 Å². The number of nitrogens with one attached hydrogen (secondary N) is 1. The maximum absolute atomic E-state index is 13.3. The summed E-state index contributed by atoms with van der Waals surface area (Å²) >= 11 is 0. The van der Waals surface area contributed by atoms with Crippen LogP contribution < -0.4 is 14.4 Å². The molecule has 2 aromatic carbocycles. The highest BCUT2D eigenvalue weighted by molar-refractivity contribution is 7.92. The minimum atomic E-state index is -3.56. The summed E-state index contributed by atoms with van der Waals surface area (Å²) in [5.74, 6) is 0.120. The van der Waals surface area contributed by atoms with E-state index in [1.54, 1.807) is 36.2 Å². The van der Waals surface area contributed by atoms with Crippen LogP contribution in [-0.4, -0.2) is 58.1 Å². The van der Waals surface area contributed by atoms with Gasteiger partial charge in [-0.3, -0.25) is 13.9 Å². The fraction of sp³-hybridized carbons (Fsp3) is 0.440. The number of carbonyl (C=O) groups excluding carboxylic acids is 2. The summed E-state index contributed by atoms with van der Waals surface area (Å²) in [6.45, 7) is 4.29. The van der Waals surface area contributed by atoms with Gasteiger partial charge >= 0.3 is 0 Å². The molecule has 1 atom stereocenters. The first kappa shape index (κ1) is 27.2. The largest absolute Gasteiger partial charge is 0.497 e. The molecule has 2 amide bonds. The van der Waals surface area contributed by atoms with Crippen molar-refractivity contribution in [3.63, 3.8) is 0 Å². The van der Waals surface area contributed by atoms with Gasteiger partial charge in [-0.15, -0.1) is 0 Å². The second kappa shape index (κ2) is 12.4. The zero-order valence-corrected chi connectivity index (χ0v) is 21.4. The van der Waals surface area contributed by atoms with E-state index in [2.05, 4.69) is 5.32 Å². The van der Waals surface area contributed by atoms with Crippen molar-refractivity contribution >= 4 is 27.5 Å². The molecule has 186 valence electrons. The molecule has 0 aliphatic heterocycles. The zero-order chi connectivity index (χ0) is 25.3. The van der Waals surface area contributed by atoms with Crippen molar-refractivity contribution in [2.45, 2.75) is 45.7 Å². The minimum absolute atomic E-state index is 0.106. The van der Waals surface area contributed by atoms with Crippen molar-refractivity contribution in [1.29, 1.82) is 0 Å². The first-order valence-corrected chi connectivity index (χ1v) is 13.1. The van der Waals surface area contributed by atoms with Crippen molar-refractivity contribution in [1.82, 2.24) is 10.2 Å². The molecule has 0 aliphatic rings. The summed E-state index contributed by atoms with van der Waals surface area (Å²) in [6.07, 6.45) is 2.01. The number of likely N-dealkylation sites (N-methyl/N-ethyl adjacent to an activating group) is 1. The number of benzene rings is 2. The molecule has 0 bridgehead atoms. The van der Waals surface area contributed by atoms with E-state index >= 15 is 0 Å². The molecule has 2 rings (SSSR count). The van der Waals surface area contributed by atoms with Crippen LogP contribution in [0.15, 0.2) is 48.5 Å². The van der Waals surface area contributed by atoms with Gasteiger partial charge in [0.15, 0.2) is 0 Å². The van der Waals surface area contributed by atoms with Crippen molar-refractivity contribution in [2.24, 2.45) is 0 Å². The van der Waals surface area contributed by atoms with Gasteiger partial charge in [-0.05, 0) is 37.5 Å². The zero-order valence-electron chi connectivity index (χ0n) is 20.6. The van der Waals surface area contributed by atoms with Gasteiger partial charge in [-0.1, -0.05) is 42.8 Å². The van der Waals surface area contributed by atoms with E-state index in [1.807, 2.05) is 38.1 Å². The number of methoxy groups -OCH3 is 1. The average molecular weight is 490 g/mol. The quantitative estimate of drug-likeness (QED) is 0.494. The number of ether oxygens (including phenoxy) is 1. The third-order valence-electron chi connectivity index (χ3n) is 5.60. The van der Waals surface area contributed by atoms with Crippen LogP contribution in [0.3, 0.4) is 0 Å². The van der Waals surface area contributed by atoms with Crippen molar-refractivity contribution in [2.75, 3.05) is 31.3 Å². The Morgan fingerprint density at radius 1 is 1.12 bits per heavy atom. The van der Waals surface area contributed by atoms with E-state index in [-0.39, 0.29) is 24.8 Å². The number of hydrogen-bond donors (Lipinski definition) is 1. The molecular weight excluding hydrogens is 454 g/mol. The maximum atomic E-state index is 13.3. The highest BCUT2D eigenvalue weighted by Gasteiger charge is 2.28. The number of amides is 2. The van der Waals surface area contributed by atoms with Gasteiger partial charge in [0.05, 0.1) is 19.1 Å². The van der Waals surface area contributed by atoms with Crippen LogP contribution >= 0.6 is 0 Å². The SMILES string of the molecule is CCC(C(=O)NC)N(Cc1ccc(C)cc1)C(=O)CCCN(c1cccc(OC)c1)S(C)(=O)=O. The van der Waals surface area contributed by atoms with Gasteiger partial charge in [-0.2, -0.15) is 0 Å². The molecule has 0 saturated heterocycles. The molecule has 34 heavy (non-hydrogen) atoms. The number of hydrogen-bond acceptors (Lipinski definition) is 5. The Kier molecular flexibility index (Phi) is 9.92. The molecule has 9 heteroatoms. The molecule has 2 aromatic rings. The molecule has 8 nitrogen and oxygen atoms in total. The van der Waals surface area contributed by atoms with Crippen LogP contribution in [-0.2, 0) is 26.2 Å². The molecule has 1 N–H and O–H groups in total. The van der Waals surface area contributed by atoms with E-state index in [1.165, 1.54) is 11.4 Å². The number of sulfonamides is 1. The highest BCUT2D eigenvalue weighted by Crippen LogP contribution is 2.24. The summed E-state index contributed by atoms with van der Waals surface area (Å²) < 4.78 is 31.3. The molecular formula is C25H35N3O5S. The Morgan fingerprint density at radius 2 is 1.79 bits per heavy atom. The summed E-state index contributed by atoms with van der Waals surface area (Å²) in [5.41, 5.74) is 2.51. The van der Waals surface area contributed by atoms with Crippen LogP contribution in [0.1, 0.15) is 37.3 Å². The molecule has 0 aliphatic carbocycles. The standard InChI is InChI=1S/C25H35N3O5S/c1-6-23(25(30)26-3)27(18-20-14-12-19(2)13-15-20)24(29)11-8-16-28(34(5,31)32)21-9-7-10-22(17-21)33-4/h7,9-10,12-15,17,23H,6,8,11,16,18H2,1-5H3,(H,26,30). The first-order valence-electron chi connectivity index (χ1n) is 11.3. The van der Waals surface area contributed by atoms with E-state index in [0.717, 1.165) is 17.4 Å². The monoisotopic (exact) mass is 489 g/mol. The maximum Gasteiger partial charge on any atom is 0.242 e. The van der Waals surface area contributed by atoms with Crippen molar-refractivity contribution in [3.8, 4) is 5.75 Å². The van der Waals surface area contributed by atoms with E-state index in [9.17, 15) is 18.0 Å². The van der Waals surface area contributed by atoms with E-state index in [4.69, 9.17) is 4.74 Å². The Balaban J connectivity index is 2.19. The van der Waals surface area contributed by atoms with Crippen LogP contribution in [0.5, 0.6) is 5.75 Å². The Bertz CT molecular complexity index is 1070. The van der Waals surface area contributed by atoms with Crippen LogP contribution in [0.2, 0.25) is 0 Å². The molecule has 0 heterocycles. The Morgan fingerprint density at radius 3 is 2.35 bits per heavy atom. The predicted octanol–water partition coefficient (Wildman–Crippen LogP) is 3.10. The van der Waals surface area contributed by atoms with Gasteiger partial charge in [0.2, 0.25) is 21.8 Å². The minimum Gasteiger partial charge on any atom is -0.497 e. The molecule has 1 unspecified atom stereocenters. The topological polar surface area (TPSA) is 96.0 Å². The van der Waals surface area contributed by atoms with Gasteiger partial charge < -0.3 is 15.0 Å². The summed E-state index contributed by atoms with van der Waals surface area (Å²) in [4.78, 5) is 27.3.